The standard InChI is InChI=1S/C20H26N2O/c1-3-22(15-17-7-5-4-6-8-17)16(2)13-18-9-10-20-19(14-18)21-11-12-23-20/h4-10,14,16,21H,3,11-13,15H2,1-2H3. The molecule has 3 heteroatoms. The van der Waals surface area contributed by atoms with Crippen LogP contribution in [0.3, 0.4) is 0 Å². The maximum atomic E-state index is 5.66. The molecule has 1 unspecified atom stereocenters. The van der Waals surface area contributed by atoms with E-state index in [1.54, 1.807) is 0 Å². The second-order valence-corrected chi connectivity index (χ2v) is 6.21. The lowest BCUT2D eigenvalue weighted by Gasteiger charge is -2.28. The summed E-state index contributed by atoms with van der Waals surface area (Å²) in [5, 5.41) is 3.42. The van der Waals surface area contributed by atoms with Crippen molar-refractivity contribution in [3.05, 3.63) is 59.7 Å². The van der Waals surface area contributed by atoms with Crippen LogP contribution in [0.2, 0.25) is 0 Å². The molecule has 1 heterocycles. The van der Waals surface area contributed by atoms with Gasteiger partial charge >= 0.3 is 0 Å². The topological polar surface area (TPSA) is 24.5 Å². The van der Waals surface area contributed by atoms with E-state index >= 15 is 0 Å². The molecule has 3 rings (SSSR count). The van der Waals surface area contributed by atoms with Crippen LogP contribution < -0.4 is 10.1 Å². The Labute approximate surface area is 139 Å². The predicted octanol–water partition coefficient (Wildman–Crippen LogP) is 3.94. The zero-order valence-electron chi connectivity index (χ0n) is 14.1. The third-order valence-corrected chi connectivity index (χ3v) is 4.51. The van der Waals surface area contributed by atoms with Gasteiger partial charge in [0.15, 0.2) is 0 Å². The summed E-state index contributed by atoms with van der Waals surface area (Å²) in [6, 6.07) is 17.7. The zero-order chi connectivity index (χ0) is 16.1. The van der Waals surface area contributed by atoms with E-state index in [2.05, 4.69) is 72.6 Å². The molecule has 2 aromatic rings. The molecule has 1 aliphatic rings. The van der Waals surface area contributed by atoms with Gasteiger partial charge < -0.3 is 10.1 Å². The number of benzene rings is 2. The molecule has 0 amide bonds. The lowest BCUT2D eigenvalue weighted by molar-refractivity contribution is 0.209. The summed E-state index contributed by atoms with van der Waals surface area (Å²) in [5.74, 6) is 0.976. The predicted molar refractivity (Wildman–Crippen MR) is 96.1 cm³/mol. The van der Waals surface area contributed by atoms with Crippen LogP contribution in [-0.2, 0) is 13.0 Å². The van der Waals surface area contributed by atoms with Crippen molar-refractivity contribution in [1.29, 1.82) is 0 Å². The highest BCUT2D eigenvalue weighted by molar-refractivity contribution is 5.59. The summed E-state index contributed by atoms with van der Waals surface area (Å²) in [7, 11) is 0. The number of ether oxygens (including phenoxy) is 1. The van der Waals surface area contributed by atoms with E-state index < -0.39 is 0 Å². The van der Waals surface area contributed by atoms with Crippen LogP contribution >= 0.6 is 0 Å². The van der Waals surface area contributed by atoms with Gasteiger partial charge in [0.1, 0.15) is 12.4 Å². The van der Waals surface area contributed by atoms with Crippen molar-refractivity contribution < 1.29 is 4.74 Å². The van der Waals surface area contributed by atoms with Crippen molar-refractivity contribution in [2.75, 3.05) is 25.0 Å². The summed E-state index contributed by atoms with van der Waals surface area (Å²) in [6.45, 7) is 8.26. The Hall–Kier alpha value is -2.00. The zero-order valence-corrected chi connectivity index (χ0v) is 14.1. The highest BCUT2D eigenvalue weighted by Gasteiger charge is 2.15. The molecule has 3 nitrogen and oxygen atoms in total. The second kappa shape index (κ2) is 7.51. The first kappa shape index (κ1) is 15.9. The highest BCUT2D eigenvalue weighted by atomic mass is 16.5. The number of rotatable bonds is 6. The first-order valence-corrected chi connectivity index (χ1v) is 8.54. The van der Waals surface area contributed by atoms with Gasteiger partial charge in [0.2, 0.25) is 0 Å². The largest absolute Gasteiger partial charge is 0.490 e. The van der Waals surface area contributed by atoms with Gasteiger partial charge in [-0.2, -0.15) is 0 Å². The quantitative estimate of drug-likeness (QED) is 0.874. The molecule has 0 saturated carbocycles. The molecule has 0 radical (unpaired) electrons. The highest BCUT2D eigenvalue weighted by Crippen LogP contribution is 2.28. The van der Waals surface area contributed by atoms with Crippen LogP contribution in [0.15, 0.2) is 48.5 Å². The molecule has 0 fully saturated rings. The van der Waals surface area contributed by atoms with Gasteiger partial charge in [-0.05, 0) is 43.1 Å². The molecule has 0 saturated heterocycles. The van der Waals surface area contributed by atoms with Gasteiger partial charge in [-0.15, -0.1) is 0 Å². The minimum atomic E-state index is 0.503. The maximum absolute atomic E-state index is 5.66. The fraction of sp³-hybridized carbons (Fsp3) is 0.400. The summed E-state index contributed by atoms with van der Waals surface area (Å²) in [6.07, 6.45) is 1.05. The van der Waals surface area contributed by atoms with Gasteiger partial charge in [-0.25, -0.2) is 0 Å². The third-order valence-electron chi connectivity index (χ3n) is 4.51. The van der Waals surface area contributed by atoms with E-state index in [4.69, 9.17) is 4.74 Å². The Kier molecular flexibility index (Phi) is 5.19. The van der Waals surface area contributed by atoms with Crippen LogP contribution in [0.4, 0.5) is 5.69 Å². The molecule has 23 heavy (non-hydrogen) atoms. The van der Waals surface area contributed by atoms with E-state index in [0.717, 1.165) is 44.1 Å². The summed E-state index contributed by atoms with van der Waals surface area (Å²) < 4.78 is 5.66. The van der Waals surface area contributed by atoms with E-state index in [1.807, 2.05) is 0 Å². The Morgan fingerprint density at radius 2 is 1.96 bits per heavy atom. The number of hydrogen-bond acceptors (Lipinski definition) is 3. The van der Waals surface area contributed by atoms with Crippen molar-refractivity contribution >= 4 is 5.69 Å². The lowest BCUT2D eigenvalue weighted by Crippen LogP contribution is -2.34. The van der Waals surface area contributed by atoms with Crippen LogP contribution in [-0.4, -0.2) is 30.6 Å². The fourth-order valence-corrected chi connectivity index (χ4v) is 3.18. The van der Waals surface area contributed by atoms with E-state index in [1.165, 1.54) is 11.1 Å². The Morgan fingerprint density at radius 1 is 1.13 bits per heavy atom. The van der Waals surface area contributed by atoms with Crippen molar-refractivity contribution in [3.8, 4) is 5.75 Å². The molecule has 2 aromatic carbocycles. The summed E-state index contributed by atoms with van der Waals surface area (Å²) in [5.41, 5.74) is 3.87. The third kappa shape index (κ3) is 4.05. The molecular weight excluding hydrogens is 284 g/mol. The molecule has 1 aliphatic heterocycles. The molecule has 0 spiro atoms. The number of nitrogens with one attached hydrogen (secondary N) is 1. The average molecular weight is 310 g/mol. The molecule has 1 atom stereocenters. The van der Waals surface area contributed by atoms with Gasteiger partial charge in [0, 0.05) is 19.1 Å². The first-order chi connectivity index (χ1) is 11.3. The Bertz CT molecular complexity index is 627. The summed E-state index contributed by atoms with van der Waals surface area (Å²) in [4.78, 5) is 2.53. The van der Waals surface area contributed by atoms with E-state index in [9.17, 15) is 0 Å². The average Bonchev–Trinajstić information content (AvgIpc) is 2.60. The number of hydrogen-bond donors (Lipinski definition) is 1. The van der Waals surface area contributed by atoms with Crippen molar-refractivity contribution in [2.45, 2.75) is 32.9 Å². The Balaban J connectivity index is 1.66. The van der Waals surface area contributed by atoms with Crippen LogP contribution in [0.1, 0.15) is 25.0 Å². The van der Waals surface area contributed by atoms with Gasteiger partial charge in [0.25, 0.3) is 0 Å². The number of likely N-dealkylation sites (N-methyl/N-ethyl adjacent to an activating group) is 1. The maximum Gasteiger partial charge on any atom is 0.142 e. The summed E-state index contributed by atoms with van der Waals surface area (Å²) >= 11 is 0. The molecule has 0 bridgehead atoms. The van der Waals surface area contributed by atoms with Gasteiger partial charge in [-0.3, -0.25) is 4.90 Å². The Morgan fingerprint density at radius 3 is 2.74 bits per heavy atom. The number of anilines is 1. The normalized spacial score (nSPS) is 14.7. The smallest absolute Gasteiger partial charge is 0.142 e. The van der Waals surface area contributed by atoms with Crippen LogP contribution in [0, 0.1) is 0 Å². The van der Waals surface area contributed by atoms with Gasteiger partial charge in [-0.1, -0.05) is 43.3 Å². The number of fused-ring (bicyclic) bond motifs is 1. The molecule has 1 N–H and O–H groups in total. The van der Waals surface area contributed by atoms with E-state index in [-0.39, 0.29) is 0 Å². The van der Waals surface area contributed by atoms with Crippen molar-refractivity contribution in [2.24, 2.45) is 0 Å². The molecule has 122 valence electrons. The minimum absolute atomic E-state index is 0.503. The fourth-order valence-electron chi connectivity index (χ4n) is 3.18. The number of nitrogens with zero attached hydrogens (tertiary/aromatic N) is 1. The van der Waals surface area contributed by atoms with E-state index in [0.29, 0.717) is 6.04 Å². The van der Waals surface area contributed by atoms with Crippen molar-refractivity contribution in [1.82, 2.24) is 4.90 Å². The second-order valence-electron chi connectivity index (χ2n) is 6.21. The molecule has 0 aliphatic carbocycles. The SMILES string of the molecule is CCN(Cc1ccccc1)C(C)Cc1ccc2c(c1)NCCO2. The van der Waals surface area contributed by atoms with Crippen LogP contribution in [0.5, 0.6) is 5.75 Å². The van der Waals surface area contributed by atoms with Gasteiger partial charge in [0.05, 0.1) is 5.69 Å². The minimum Gasteiger partial charge on any atom is -0.490 e. The van der Waals surface area contributed by atoms with Crippen molar-refractivity contribution in [3.63, 3.8) is 0 Å². The molecule has 0 aromatic heterocycles. The molecular formula is C20H26N2O. The lowest BCUT2D eigenvalue weighted by atomic mass is 10.0. The van der Waals surface area contributed by atoms with Crippen LogP contribution in [0.25, 0.3) is 0 Å². The first-order valence-electron chi connectivity index (χ1n) is 8.54. The monoisotopic (exact) mass is 310 g/mol.